The third-order valence-electron chi connectivity index (χ3n) is 5.08. The van der Waals surface area contributed by atoms with E-state index in [0.29, 0.717) is 6.04 Å². The van der Waals surface area contributed by atoms with E-state index in [0.717, 1.165) is 12.3 Å². The van der Waals surface area contributed by atoms with Gasteiger partial charge in [-0.2, -0.15) is 5.10 Å². The summed E-state index contributed by atoms with van der Waals surface area (Å²) in [5, 5.41) is 7.29. The molecule has 0 aromatic heterocycles. The van der Waals surface area contributed by atoms with Crippen molar-refractivity contribution in [3.05, 3.63) is 76.9 Å². The molecule has 2 atom stereocenters. The first-order chi connectivity index (χ1) is 11.6. The molecule has 4 rings (SSSR count). The van der Waals surface area contributed by atoms with Gasteiger partial charge in [0, 0.05) is 17.2 Å². The van der Waals surface area contributed by atoms with E-state index in [1.165, 1.54) is 22.3 Å². The van der Waals surface area contributed by atoms with Gasteiger partial charge in [-0.25, -0.2) is 0 Å². The minimum absolute atomic E-state index is 0.249. The zero-order chi connectivity index (χ0) is 16.7. The quantitative estimate of drug-likeness (QED) is 0.854. The second-order valence-corrected chi connectivity index (χ2v) is 6.88. The summed E-state index contributed by atoms with van der Waals surface area (Å²) in [7, 11) is 4.25. The minimum atomic E-state index is 0.249. The summed E-state index contributed by atoms with van der Waals surface area (Å²) in [6.07, 6.45) is 2.31. The van der Waals surface area contributed by atoms with Crippen LogP contribution in [0.5, 0.6) is 0 Å². The van der Waals surface area contributed by atoms with Gasteiger partial charge in [0.25, 0.3) is 0 Å². The average Bonchev–Trinajstić information content (AvgIpc) is 3.13. The predicted octanol–water partition coefficient (Wildman–Crippen LogP) is 3.79. The maximum absolute atomic E-state index is 5.02. The second-order valence-electron chi connectivity index (χ2n) is 6.88. The van der Waals surface area contributed by atoms with Gasteiger partial charge in [0.15, 0.2) is 0 Å². The Labute approximate surface area is 143 Å². The molecule has 122 valence electrons. The molecule has 3 nitrogen and oxygen atoms in total. The summed E-state index contributed by atoms with van der Waals surface area (Å²) in [6.45, 7) is 3.17. The SMILES string of the molecule is CC(CN1N=C(c2ccccc2)C2=Cc3ccccc3C21)N(C)C. The van der Waals surface area contributed by atoms with E-state index in [1.54, 1.807) is 0 Å². The normalized spacial score (nSPS) is 19.8. The Kier molecular flexibility index (Phi) is 3.73. The van der Waals surface area contributed by atoms with Crippen molar-refractivity contribution in [2.75, 3.05) is 20.6 Å². The summed E-state index contributed by atoms with van der Waals surface area (Å²) in [6, 6.07) is 19.9. The molecule has 3 heteroatoms. The van der Waals surface area contributed by atoms with Gasteiger partial charge < -0.3 is 4.90 Å². The van der Waals surface area contributed by atoms with Crippen LogP contribution >= 0.6 is 0 Å². The standard InChI is InChI=1S/C21H23N3/c1-15(23(2)3)14-24-21-18-12-8-7-11-17(18)13-19(21)20(22-24)16-9-5-4-6-10-16/h4-13,15,21H,14H2,1-3H3. The molecule has 0 N–H and O–H groups in total. The molecule has 0 bridgehead atoms. The van der Waals surface area contributed by atoms with Crippen LogP contribution in [0.1, 0.15) is 29.7 Å². The third-order valence-corrected chi connectivity index (χ3v) is 5.08. The molecule has 1 aliphatic carbocycles. The fourth-order valence-electron chi connectivity index (χ4n) is 3.47. The Morgan fingerprint density at radius 2 is 1.75 bits per heavy atom. The molecular formula is C21H23N3. The highest BCUT2D eigenvalue weighted by Gasteiger charge is 2.38. The lowest BCUT2D eigenvalue weighted by Gasteiger charge is -2.29. The molecule has 2 aromatic rings. The lowest BCUT2D eigenvalue weighted by molar-refractivity contribution is 0.180. The number of hydrazone groups is 1. The van der Waals surface area contributed by atoms with E-state index in [2.05, 4.69) is 91.6 Å². The van der Waals surface area contributed by atoms with Gasteiger partial charge in [0.1, 0.15) is 0 Å². The Hall–Kier alpha value is -2.39. The molecular weight excluding hydrogens is 294 g/mol. The van der Waals surface area contributed by atoms with E-state index in [1.807, 2.05) is 0 Å². The third kappa shape index (κ3) is 2.45. The zero-order valence-corrected chi connectivity index (χ0v) is 14.5. The van der Waals surface area contributed by atoms with Crippen LogP contribution in [0.4, 0.5) is 0 Å². The highest BCUT2D eigenvalue weighted by atomic mass is 15.5. The van der Waals surface area contributed by atoms with Crippen molar-refractivity contribution in [3.8, 4) is 0 Å². The number of hydrogen-bond donors (Lipinski definition) is 0. The Bertz CT molecular complexity index is 805. The van der Waals surface area contributed by atoms with Crippen LogP contribution in [0.15, 0.2) is 65.3 Å². The maximum atomic E-state index is 5.02. The minimum Gasteiger partial charge on any atom is -0.305 e. The number of benzene rings is 2. The molecule has 0 saturated carbocycles. The number of rotatable bonds is 4. The van der Waals surface area contributed by atoms with E-state index in [9.17, 15) is 0 Å². The Balaban J connectivity index is 1.76. The van der Waals surface area contributed by atoms with E-state index in [4.69, 9.17) is 5.10 Å². The van der Waals surface area contributed by atoms with Crippen LogP contribution in [0.2, 0.25) is 0 Å². The van der Waals surface area contributed by atoms with Gasteiger partial charge in [0.05, 0.1) is 18.3 Å². The number of fused-ring (bicyclic) bond motifs is 3. The van der Waals surface area contributed by atoms with Crippen LogP contribution < -0.4 is 0 Å². The van der Waals surface area contributed by atoms with E-state index in [-0.39, 0.29) is 6.04 Å². The molecule has 0 fully saturated rings. The Morgan fingerprint density at radius 1 is 1.04 bits per heavy atom. The second kappa shape index (κ2) is 5.91. The van der Waals surface area contributed by atoms with Crippen LogP contribution in [0, 0.1) is 0 Å². The summed E-state index contributed by atoms with van der Waals surface area (Å²) in [5.74, 6) is 0. The predicted molar refractivity (Wildman–Crippen MR) is 100.0 cm³/mol. The monoisotopic (exact) mass is 317 g/mol. The lowest BCUT2D eigenvalue weighted by Crippen LogP contribution is -2.36. The van der Waals surface area contributed by atoms with Gasteiger partial charge in [-0.15, -0.1) is 0 Å². The van der Waals surface area contributed by atoms with Crippen molar-refractivity contribution in [2.24, 2.45) is 5.10 Å². The topological polar surface area (TPSA) is 18.8 Å². The van der Waals surface area contributed by atoms with E-state index < -0.39 is 0 Å². The molecule has 2 aromatic carbocycles. The summed E-state index contributed by atoms with van der Waals surface area (Å²) >= 11 is 0. The molecule has 0 amide bonds. The number of nitrogens with zero attached hydrogens (tertiary/aromatic N) is 3. The first kappa shape index (κ1) is 15.2. The van der Waals surface area contributed by atoms with Crippen molar-refractivity contribution >= 4 is 11.8 Å². The number of likely N-dealkylation sites (N-methyl/N-ethyl adjacent to an activating group) is 1. The van der Waals surface area contributed by atoms with Crippen molar-refractivity contribution in [1.82, 2.24) is 9.91 Å². The van der Waals surface area contributed by atoms with Crippen LogP contribution in [0.25, 0.3) is 6.08 Å². The van der Waals surface area contributed by atoms with Crippen molar-refractivity contribution in [1.29, 1.82) is 0 Å². The lowest BCUT2D eigenvalue weighted by atomic mass is 9.97. The van der Waals surface area contributed by atoms with Gasteiger partial charge in [-0.05, 0) is 38.2 Å². The van der Waals surface area contributed by atoms with Crippen molar-refractivity contribution < 1.29 is 0 Å². The smallest absolute Gasteiger partial charge is 0.0998 e. The molecule has 24 heavy (non-hydrogen) atoms. The van der Waals surface area contributed by atoms with E-state index >= 15 is 0 Å². The van der Waals surface area contributed by atoms with Crippen LogP contribution in [-0.2, 0) is 0 Å². The first-order valence-corrected chi connectivity index (χ1v) is 8.53. The average molecular weight is 317 g/mol. The largest absolute Gasteiger partial charge is 0.305 e. The summed E-state index contributed by atoms with van der Waals surface area (Å²) in [5.41, 5.74) is 6.33. The van der Waals surface area contributed by atoms with Gasteiger partial charge in [0.2, 0.25) is 0 Å². The molecule has 0 spiro atoms. The van der Waals surface area contributed by atoms with Gasteiger partial charge >= 0.3 is 0 Å². The highest BCUT2D eigenvalue weighted by molar-refractivity contribution is 6.18. The fourth-order valence-corrected chi connectivity index (χ4v) is 3.47. The van der Waals surface area contributed by atoms with Crippen LogP contribution in [0.3, 0.4) is 0 Å². The highest BCUT2D eigenvalue weighted by Crippen LogP contribution is 2.44. The first-order valence-electron chi connectivity index (χ1n) is 8.53. The molecule has 0 saturated heterocycles. The number of hydrogen-bond acceptors (Lipinski definition) is 3. The molecule has 2 aliphatic rings. The molecule has 0 radical (unpaired) electrons. The maximum Gasteiger partial charge on any atom is 0.0998 e. The van der Waals surface area contributed by atoms with Gasteiger partial charge in [-0.3, -0.25) is 5.01 Å². The van der Waals surface area contributed by atoms with Gasteiger partial charge in [-0.1, -0.05) is 54.6 Å². The molecule has 1 heterocycles. The van der Waals surface area contributed by atoms with Crippen LogP contribution in [-0.4, -0.2) is 42.3 Å². The molecule has 1 aliphatic heterocycles. The van der Waals surface area contributed by atoms with Crippen molar-refractivity contribution in [2.45, 2.75) is 19.0 Å². The Morgan fingerprint density at radius 3 is 2.50 bits per heavy atom. The van der Waals surface area contributed by atoms with Crippen molar-refractivity contribution in [3.63, 3.8) is 0 Å². The molecule has 2 unspecified atom stereocenters. The summed E-state index contributed by atoms with van der Waals surface area (Å²) in [4.78, 5) is 2.25. The zero-order valence-electron chi connectivity index (χ0n) is 14.5. The summed E-state index contributed by atoms with van der Waals surface area (Å²) < 4.78 is 0. The fraction of sp³-hybridized carbons (Fsp3) is 0.286.